The molecular formula is C17H20N2O3. The molecule has 0 saturated carbocycles. The van der Waals surface area contributed by atoms with E-state index in [9.17, 15) is 4.79 Å². The van der Waals surface area contributed by atoms with Crippen LogP contribution in [0.25, 0.3) is 11.3 Å². The van der Waals surface area contributed by atoms with Crippen LogP contribution in [0.4, 0.5) is 4.79 Å². The van der Waals surface area contributed by atoms with E-state index in [1.165, 1.54) is 0 Å². The summed E-state index contributed by atoms with van der Waals surface area (Å²) in [6.07, 6.45) is 3.79. The maximum atomic E-state index is 12.1. The van der Waals surface area contributed by atoms with Gasteiger partial charge in [-0.15, -0.1) is 0 Å². The monoisotopic (exact) mass is 300 g/mol. The van der Waals surface area contributed by atoms with E-state index in [2.05, 4.69) is 4.98 Å². The van der Waals surface area contributed by atoms with Crippen molar-refractivity contribution in [1.29, 1.82) is 0 Å². The van der Waals surface area contributed by atoms with Gasteiger partial charge < -0.3 is 14.1 Å². The smallest absolute Gasteiger partial charge is 0.410 e. The minimum Gasteiger partial charge on any atom is -0.472 e. The molecule has 0 saturated heterocycles. The zero-order valence-corrected chi connectivity index (χ0v) is 13.1. The van der Waals surface area contributed by atoms with E-state index in [0.29, 0.717) is 13.1 Å². The fourth-order valence-electron chi connectivity index (χ4n) is 2.47. The molecule has 3 rings (SSSR count). The number of amides is 1. The number of rotatable bonds is 1. The normalized spacial score (nSPS) is 14.6. The van der Waals surface area contributed by atoms with Crippen molar-refractivity contribution in [2.45, 2.75) is 39.3 Å². The van der Waals surface area contributed by atoms with Crippen LogP contribution >= 0.6 is 0 Å². The average Bonchev–Trinajstić information content (AvgIpc) is 2.98. The minimum absolute atomic E-state index is 0.267. The Morgan fingerprint density at radius 3 is 2.82 bits per heavy atom. The van der Waals surface area contributed by atoms with Crippen LogP contribution in [0.1, 0.15) is 32.0 Å². The van der Waals surface area contributed by atoms with Crippen LogP contribution in [-0.2, 0) is 17.7 Å². The van der Waals surface area contributed by atoms with E-state index in [-0.39, 0.29) is 6.09 Å². The van der Waals surface area contributed by atoms with Crippen molar-refractivity contribution in [3.63, 3.8) is 0 Å². The van der Waals surface area contributed by atoms with Gasteiger partial charge in [0.1, 0.15) is 5.60 Å². The largest absolute Gasteiger partial charge is 0.472 e. The van der Waals surface area contributed by atoms with Gasteiger partial charge in [0.15, 0.2) is 0 Å². The number of carbonyl (C=O) groups is 1. The molecule has 1 amide bonds. The second-order valence-corrected chi connectivity index (χ2v) is 6.47. The van der Waals surface area contributed by atoms with Crippen molar-refractivity contribution in [2.24, 2.45) is 0 Å². The number of hydrogen-bond donors (Lipinski definition) is 0. The Kier molecular flexibility index (Phi) is 3.64. The lowest BCUT2D eigenvalue weighted by molar-refractivity contribution is 0.0223. The highest BCUT2D eigenvalue weighted by molar-refractivity contribution is 5.68. The highest BCUT2D eigenvalue weighted by Crippen LogP contribution is 2.24. The van der Waals surface area contributed by atoms with Crippen molar-refractivity contribution in [3.8, 4) is 11.3 Å². The lowest BCUT2D eigenvalue weighted by Crippen LogP contribution is -2.40. The topological polar surface area (TPSA) is 55.6 Å². The molecule has 2 aromatic heterocycles. The lowest BCUT2D eigenvalue weighted by Gasteiger charge is -2.30. The number of furan rings is 1. The third-order valence-electron chi connectivity index (χ3n) is 3.52. The zero-order chi connectivity index (χ0) is 15.7. The molecule has 0 radical (unpaired) electrons. The SMILES string of the molecule is CC(C)(C)OC(=O)N1CCc2nc(-c3ccoc3)ccc2C1. The first kappa shape index (κ1) is 14.6. The van der Waals surface area contributed by atoms with Crippen LogP contribution < -0.4 is 0 Å². The second-order valence-electron chi connectivity index (χ2n) is 6.47. The molecule has 0 unspecified atom stereocenters. The number of hydrogen-bond acceptors (Lipinski definition) is 4. The summed E-state index contributed by atoms with van der Waals surface area (Å²) in [6.45, 7) is 6.80. The van der Waals surface area contributed by atoms with Crippen LogP contribution in [0.15, 0.2) is 35.1 Å². The molecule has 1 aliphatic heterocycles. The number of pyridine rings is 1. The molecule has 5 nitrogen and oxygen atoms in total. The molecule has 2 aromatic rings. The second kappa shape index (κ2) is 5.48. The predicted octanol–water partition coefficient (Wildman–Crippen LogP) is 3.63. The Morgan fingerprint density at radius 1 is 1.32 bits per heavy atom. The summed E-state index contributed by atoms with van der Waals surface area (Å²) in [5, 5.41) is 0. The van der Waals surface area contributed by atoms with Gasteiger partial charge in [-0.1, -0.05) is 6.07 Å². The molecule has 0 atom stereocenters. The zero-order valence-electron chi connectivity index (χ0n) is 13.1. The Hall–Kier alpha value is -2.30. The maximum absolute atomic E-state index is 12.1. The van der Waals surface area contributed by atoms with E-state index in [1.54, 1.807) is 17.4 Å². The van der Waals surface area contributed by atoms with Crippen LogP contribution in [0.5, 0.6) is 0 Å². The van der Waals surface area contributed by atoms with Gasteiger partial charge in [0, 0.05) is 24.2 Å². The summed E-state index contributed by atoms with van der Waals surface area (Å²) < 4.78 is 10.5. The predicted molar refractivity (Wildman–Crippen MR) is 82.3 cm³/mol. The van der Waals surface area contributed by atoms with Crippen LogP contribution in [0, 0.1) is 0 Å². The fraction of sp³-hybridized carbons (Fsp3) is 0.412. The van der Waals surface area contributed by atoms with Crippen molar-refractivity contribution in [2.75, 3.05) is 6.54 Å². The molecule has 0 aliphatic carbocycles. The number of aromatic nitrogens is 1. The Morgan fingerprint density at radius 2 is 2.14 bits per heavy atom. The molecule has 0 N–H and O–H groups in total. The summed E-state index contributed by atoms with van der Waals surface area (Å²) in [5.41, 5.74) is 3.51. The van der Waals surface area contributed by atoms with Gasteiger partial charge in [0.25, 0.3) is 0 Å². The lowest BCUT2D eigenvalue weighted by atomic mass is 10.0. The van der Waals surface area contributed by atoms with Crippen molar-refractivity contribution < 1.29 is 13.9 Å². The first-order chi connectivity index (χ1) is 10.4. The molecule has 0 aromatic carbocycles. The molecule has 0 spiro atoms. The first-order valence-electron chi connectivity index (χ1n) is 7.42. The van der Waals surface area contributed by atoms with Crippen LogP contribution in [0.3, 0.4) is 0 Å². The average molecular weight is 300 g/mol. The quantitative estimate of drug-likeness (QED) is 0.807. The van der Waals surface area contributed by atoms with Gasteiger partial charge in [0.2, 0.25) is 0 Å². The number of fused-ring (bicyclic) bond motifs is 1. The van der Waals surface area contributed by atoms with Gasteiger partial charge in [-0.05, 0) is 38.5 Å². The Balaban J connectivity index is 1.76. The van der Waals surface area contributed by atoms with Gasteiger partial charge >= 0.3 is 6.09 Å². The molecule has 0 bridgehead atoms. The highest BCUT2D eigenvalue weighted by Gasteiger charge is 2.26. The number of ether oxygens (including phenoxy) is 1. The Labute approximate surface area is 129 Å². The first-order valence-corrected chi connectivity index (χ1v) is 7.42. The molecule has 116 valence electrons. The molecule has 1 aliphatic rings. The third-order valence-corrected chi connectivity index (χ3v) is 3.52. The summed E-state index contributed by atoms with van der Waals surface area (Å²) in [5.74, 6) is 0. The molecule has 5 heteroatoms. The minimum atomic E-state index is -0.471. The molecular weight excluding hydrogens is 280 g/mol. The van der Waals surface area contributed by atoms with Gasteiger partial charge in [-0.2, -0.15) is 0 Å². The summed E-state index contributed by atoms with van der Waals surface area (Å²) >= 11 is 0. The van der Waals surface area contributed by atoms with E-state index in [1.807, 2.05) is 39.0 Å². The van der Waals surface area contributed by atoms with E-state index in [4.69, 9.17) is 9.15 Å². The summed E-state index contributed by atoms with van der Waals surface area (Å²) in [4.78, 5) is 18.6. The fourth-order valence-corrected chi connectivity index (χ4v) is 2.47. The van der Waals surface area contributed by atoms with Crippen LogP contribution in [-0.4, -0.2) is 28.1 Å². The van der Waals surface area contributed by atoms with E-state index < -0.39 is 5.60 Å². The van der Waals surface area contributed by atoms with Crippen molar-refractivity contribution in [1.82, 2.24) is 9.88 Å². The molecule has 3 heterocycles. The van der Waals surface area contributed by atoms with Gasteiger partial charge in [-0.25, -0.2) is 4.79 Å². The van der Waals surface area contributed by atoms with Gasteiger partial charge in [-0.3, -0.25) is 4.98 Å². The summed E-state index contributed by atoms with van der Waals surface area (Å²) in [6, 6.07) is 5.88. The maximum Gasteiger partial charge on any atom is 0.410 e. The van der Waals surface area contributed by atoms with E-state index in [0.717, 1.165) is 28.9 Å². The van der Waals surface area contributed by atoms with Crippen molar-refractivity contribution in [3.05, 3.63) is 42.0 Å². The van der Waals surface area contributed by atoms with Crippen molar-refractivity contribution >= 4 is 6.09 Å². The van der Waals surface area contributed by atoms with E-state index >= 15 is 0 Å². The molecule has 22 heavy (non-hydrogen) atoms. The third kappa shape index (κ3) is 3.13. The Bertz CT molecular complexity index is 672. The molecule has 0 fully saturated rings. The highest BCUT2D eigenvalue weighted by atomic mass is 16.6. The number of nitrogens with zero attached hydrogens (tertiary/aromatic N) is 2. The van der Waals surface area contributed by atoms with Gasteiger partial charge in [0.05, 0.1) is 24.8 Å². The summed E-state index contributed by atoms with van der Waals surface area (Å²) in [7, 11) is 0. The van der Waals surface area contributed by atoms with Crippen LogP contribution in [0.2, 0.25) is 0 Å². The number of carbonyl (C=O) groups excluding carboxylic acids is 1. The standard InChI is InChI=1S/C17H20N2O3/c1-17(2,3)22-16(20)19-8-6-15-12(10-19)4-5-14(18-15)13-7-9-21-11-13/h4-5,7,9,11H,6,8,10H2,1-3H3.